The lowest BCUT2D eigenvalue weighted by Crippen LogP contribution is -2.29. The van der Waals surface area contributed by atoms with Gasteiger partial charge in [-0.1, -0.05) is 62.4 Å². The Bertz CT molecular complexity index is 481. The van der Waals surface area contributed by atoms with Gasteiger partial charge in [0.25, 0.3) is 0 Å². The van der Waals surface area contributed by atoms with Gasteiger partial charge in [0, 0.05) is 5.69 Å². The summed E-state index contributed by atoms with van der Waals surface area (Å²) in [4.78, 5) is 0. The summed E-state index contributed by atoms with van der Waals surface area (Å²) in [6.45, 7) is 4.07. The van der Waals surface area contributed by atoms with Crippen molar-refractivity contribution in [1.82, 2.24) is 0 Å². The van der Waals surface area contributed by atoms with Gasteiger partial charge in [-0.2, -0.15) is 0 Å². The van der Waals surface area contributed by atoms with Crippen molar-refractivity contribution in [2.45, 2.75) is 26.0 Å². The van der Waals surface area contributed by atoms with Crippen molar-refractivity contribution in [1.29, 1.82) is 0 Å². The van der Waals surface area contributed by atoms with E-state index in [1.54, 1.807) is 0 Å². The number of para-hydroxylation sites is 1. The molecule has 2 N–H and O–H groups in total. The molecule has 2 atom stereocenters. The highest BCUT2D eigenvalue weighted by Crippen LogP contribution is 2.26. The van der Waals surface area contributed by atoms with E-state index in [9.17, 15) is 5.11 Å². The Labute approximate surface area is 115 Å². The lowest BCUT2D eigenvalue weighted by Gasteiger charge is -2.28. The highest BCUT2D eigenvalue weighted by Gasteiger charge is 2.23. The average molecular weight is 255 g/mol. The summed E-state index contributed by atoms with van der Waals surface area (Å²) in [7, 11) is 0. The predicted molar refractivity (Wildman–Crippen MR) is 80.1 cm³/mol. The molecule has 0 aliphatic rings. The summed E-state index contributed by atoms with van der Waals surface area (Å²) >= 11 is 0. The van der Waals surface area contributed by atoms with Gasteiger partial charge in [0.2, 0.25) is 0 Å². The summed E-state index contributed by atoms with van der Waals surface area (Å²) in [6.07, 6.45) is -0.428. The second kappa shape index (κ2) is 6.39. The Balaban J connectivity index is 2.25. The fraction of sp³-hybridized carbons (Fsp3) is 0.294. The topological polar surface area (TPSA) is 32.3 Å². The molecule has 0 saturated heterocycles. The molecule has 2 nitrogen and oxygen atoms in total. The normalized spacial score (nSPS) is 14.1. The number of hydrogen-bond acceptors (Lipinski definition) is 2. The zero-order valence-electron chi connectivity index (χ0n) is 11.5. The van der Waals surface area contributed by atoms with Crippen molar-refractivity contribution >= 4 is 5.69 Å². The molecular formula is C17H21NO. The number of aliphatic hydroxyl groups excluding tert-OH is 1. The van der Waals surface area contributed by atoms with Crippen LogP contribution in [-0.2, 0) is 0 Å². The van der Waals surface area contributed by atoms with Crippen LogP contribution in [0.1, 0.15) is 25.5 Å². The fourth-order valence-electron chi connectivity index (χ4n) is 2.13. The number of anilines is 1. The SMILES string of the molecule is CC(C)C(O)C(Nc1ccccc1)c1ccccc1. The van der Waals surface area contributed by atoms with E-state index in [-0.39, 0.29) is 12.0 Å². The number of nitrogens with one attached hydrogen (secondary N) is 1. The van der Waals surface area contributed by atoms with Crippen molar-refractivity contribution in [3.63, 3.8) is 0 Å². The summed E-state index contributed by atoms with van der Waals surface area (Å²) in [5, 5.41) is 13.9. The van der Waals surface area contributed by atoms with Crippen LogP contribution in [0.5, 0.6) is 0 Å². The van der Waals surface area contributed by atoms with Gasteiger partial charge in [-0.05, 0) is 23.6 Å². The predicted octanol–water partition coefficient (Wildman–Crippen LogP) is 3.86. The zero-order chi connectivity index (χ0) is 13.7. The monoisotopic (exact) mass is 255 g/mol. The maximum atomic E-state index is 10.4. The maximum absolute atomic E-state index is 10.4. The summed E-state index contributed by atoms with van der Waals surface area (Å²) in [5.41, 5.74) is 2.13. The first-order valence-corrected chi connectivity index (χ1v) is 6.73. The number of benzene rings is 2. The summed E-state index contributed by atoms with van der Waals surface area (Å²) < 4.78 is 0. The lowest BCUT2D eigenvalue weighted by molar-refractivity contribution is 0.105. The van der Waals surface area contributed by atoms with Gasteiger partial charge < -0.3 is 10.4 Å². The molecule has 0 fully saturated rings. The molecule has 2 aromatic rings. The molecule has 2 rings (SSSR count). The van der Waals surface area contributed by atoms with E-state index in [1.807, 2.05) is 74.5 Å². The molecule has 2 aromatic carbocycles. The fourth-order valence-corrected chi connectivity index (χ4v) is 2.13. The Hall–Kier alpha value is -1.80. The van der Waals surface area contributed by atoms with Crippen LogP contribution >= 0.6 is 0 Å². The molecular weight excluding hydrogens is 234 g/mol. The minimum atomic E-state index is -0.428. The average Bonchev–Trinajstić information content (AvgIpc) is 2.46. The number of hydrogen-bond donors (Lipinski definition) is 2. The van der Waals surface area contributed by atoms with Gasteiger partial charge in [-0.25, -0.2) is 0 Å². The van der Waals surface area contributed by atoms with Gasteiger partial charge in [0.1, 0.15) is 0 Å². The van der Waals surface area contributed by atoms with E-state index in [4.69, 9.17) is 0 Å². The first-order valence-electron chi connectivity index (χ1n) is 6.73. The van der Waals surface area contributed by atoms with Gasteiger partial charge in [-0.3, -0.25) is 0 Å². The van der Waals surface area contributed by atoms with Crippen LogP contribution in [0.2, 0.25) is 0 Å². The highest BCUT2D eigenvalue weighted by atomic mass is 16.3. The van der Waals surface area contributed by atoms with E-state index >= 15 is 0 Å². The van der Waals surface area contributed by atoms with E-state index in [0.29, 0.717) is 0 Å². The minimum absolute atomic E-state index is 0.0939. The molecule has 2 heteroatoms. The Morgan fingerprint density at radius 3 is 1.89 bits per heavy atom. The van der Waals surface area contributed by atoms with Crippen LogP contribution in [0.15, 0.2) is 60.7 Å². The molecule has 0 aliphatic carbocycles. The van der Waals surface area contributed by atoms with E-state index < -0.39 is 6.10 Å². The molecule has 0 heterocycles. The third-order valence-corrected chi connectivity index (χ3v) is 3.28. The highest BCUT2D eigenvalue weighted by molar-refractivity contribution is 5.45. The molecule has 19 heavy (non-hydrogen) atoms. The zero-order valence-corrected chi connectivity index (χ0v) is 11.5. The third kappa shape index (κ3) is 3.58. The minimum Gasteiger partial charge on any atom is -0.390 e. The van der Waals surface area contributed by atoms with Gasteiger partial charge in [0.05, 0.1) is 12.1 Å². The molecule has 100 valence electrons. The van der Waals surface area contributed by atoms with Crippen LogP contribution in [0.25, 0.3) is 0 Å². The van der Waals surface area contributed by atoms with Crippen LogP contribution in [-0.4, -0.2) is 11.2 Å². The molecule has 2 unspecified atom stereocenters. The molecule has 0 aromatic heterocycles. The van der Waals surface area contributed by atoms with Crippen molar-refractivity contribution in [3.05, 3.63) is 66.2 Å². The van der Waals surface area contributed by atoms with E-state index in [2.05, 4.69) is 5.32 Å². The van der Waals surface area contributed by atoms with Crippen molar-refractivity contribution in [2.24, 2.45) is 5.92 Å². The first kappa shape index (κ1) is 13.6. The number of rotatable bonds is 5. The Kier molecular flexibility index (Phi) is 4.58. The summed E-state index contributed by atoms with van der Waals surface area (Å²) in [5.74, 6) is 0.196. The molecule has 0 bridgehead atoms. The molecule has 0 saturated carbocycles. The first-order chi connectivity index (χ1) is 9.18. The Morgan fingerprint density at radius 2 is 1.37 bits per heavy atom. The van der Waals surface area contributed by atoms with Crippen LogP contribution in [0.3, 0.4) is 0 Å². The second-order valence-corrected chi connectivity index (χ2v) is 5.13. The standard InChI is InChI=1S/C17H21NO/c1-13(2)17(19)16(14-9-5-3-6-10-14)18-15-11-7-4-8-12-15/h3-13,16-19H,1-2H3. The van der Waals surface area contributed by atoms with Gasteiger partial charge in [0.15, 0.2) is 0 Å². The lowest BCUT2D eigenvalue weighted by atomic mass is 9.93. The molecule has 0 radical (unpaired) electrons. The smallest absolute Gasteiger partial charge is 0.0806 e. The second-order valence-electron chi connectivity index (χ2n) is 5.13. The van der Waals surface area contributed by atoms with Gasteiger partial charge >= 0.3 is 0 Å². The quantitative estimate of drug-likeness (QED) is 0.850. The van der Waals surface area contributed by atoms with E-state index in [1.165, 1.54) is 0 Å². The van der Waals surface area contributed by atoms with Crippen molar-refractivity contribution in [2.75, 3.05) is 5.32 Å². The molecule has 0 spiro atoms. The van der Waals surface area contributed by atoms with Crippen molar-refractivity contribution < 1.29 is 5.11 Å². The van der Waals surface area contributed by atoms with E-state index in [0.717, 1.165) is 11.3 Å². The number of aliphatic hydroxyl groups is 1. The molecule has 0 amide bonds. The van der Waals surface area contributed by atoms with Crippen LogP contribution in [0, 0.1) is 5.92 Å². The summed E-state index contributed by atoms with van der Waals surface area (Å²) in [6, 6.07) is 20.0. The van der Waals surface area contributed by atoms with Crippen LogP contribution in [0.4, 0.5) is 5.69 Å². The largest absolute Gasteiger partial charge is 0.390 e. The Morgan fingerprint density at radius 1 is 0.842 bits per heavy atom. The van der Waals surface area contributed by atoms with Crippen molar-refractivity contribution in [3.8, 4) is 0 Å². The van der Waals surface area contributed by atoms with Crippen LogP contribution < -0.4 is 5.32 Å². The third-order valence-electron chi connectivity index (χ3n) is 3.28. The van der Waals surface area contributed by atoms with Gasteiger partial charge in [-0.15, -0.1) is 0 Å². The molecule has 0 aliphatic heterocycles. The maximum Gasteiger partial charge on any atom is 0.0806 e.